The Bertz CT molecular complexity index is 1370. The molecule has 0 bridgehead atoms. The second-order valence-corrected chi connectivity index (χ2v) is 9.90. The molecule has 1 atom stereocenters. The number of amides is 1. The minimum atomic E-state index is -0.606. The number of ketones is 1. The predicted molar refractivity (Wildman–Crippen MR) is 153 cm³/mol. The van der Waals surface area contributed by atoms with Gasteiger partial charge in [-0.1, -0.05) is 60.7 Å². The number of benzene rings is 3. The van der Waals surface area contributed by atoms with Gasteiger partial charge in [-0.2, -0.15) is 11.8 Å². The van der Waals surface area contributed by atoms with Gasteiger partial charge in [-0.05, 0) is 64.9 Å². The first-order valence-electron chi connectivity index (χ1n) is 12.4. The number of Topliss-reactive ketones (excluding diaryl/α,β-unsaturated/α-hetero) is 1. The van der Waals surface area contributed by atoms with Gasteiger partial charge in [0.05, 0.1) is 12.4 Å². The highest BCUT2D eigenvalue weighted by Crippen LogP contribution is 2.27. The van der Waals surface area contributed by atoms with Crippen LogP contribution in [0.3, 0.4) is 0 Å². The van der Waals surface area contributed by atoms with Crippen molar-refractivity contribution in [3.63, 3.8) is 0 Å². The van der Waals surface area contributed by atoms with E-state index in [-0.39, 0.29) is 23.9 Å². The van der Waals surface area contributed by atoms with Crippen LogP contribution in [0.1, 0.15) is 27.9 Å². The van der Waals surface area contributed by atoms with E-state index in [1.165, 1.54) is 12.1 Å². The van der Waals surface area contributed by atoms with Crippen LogP contribution in [0.25, 0.3) is 17.2 Å². The summed E-state index contributed by atoms with van der Waals surface area (Å²) in [5, 5.41) is 2.99. The highest BCUT2D eigenvalue weighted by atomic mass is 32.2. The third kappa shape index (κ3) is 7.52. The summed E-state index contributed by atoms with van der Waals surface area (Å²) in [4.78, 5) is 30.8. The average Bonchev–Trinajstić information content (AvgIpc) is 3.45. The number of hydrogen-bond acceptors (Lipinski definition) is 4. The molecule has 0 unspecified atom stereocenters. The molecule has 0 radical (unpaired) electrons. The summed E-state index contributed by atoms with van der Waals surface area (Å²) in [6.45, 7) is 0.661. The van der Waals surface area contributed by atoms with Gasteiger partial charge in [-0.3, -0.25) is 9.59 Å². The van der Waals surface area contributed by atoms with Crippen molar-refractivity contribution in [1.29, 1.82) is 0 Å². The van der Waals surface area contributed by atoms with Gasteiger partial charge in [0, 0.05) is 30.9 Å². The van der Waals surface area contributed by atoms with Gasteiger partial charge in [-0.15, -0.1) is 0 Å². The summed E-state index contributed by atoms with van der Waals surface area (Å²) < 4.78 is 15.6. The molecule has 5 nitrogen and oxygen atoms in total. The quantitative estimate of drug-likeness (QED) is 0.243. The van der Waals surface area contributed by atoms with E-state index in [0.29, 0.717) is 24.1 Å². The Morgan fingerprint density at radius 1 is 1.08 bits per heavy atom. The first-order valence-corrected chi connectivity index (χ1v) is 13.8. The third-order valence-corrected chi connectivity index (χ3v) is 6.80. The average molecular weight is 528 g/mol. The molecule has 0 saturated carbocycles. The van der Waals surface area contributed by atoms with E-state index in [2.05, 4.69) is 10.3 Å². The molecular weight excluding hydrogens is 497 g/mol. The highest BCUT2D eigenvalue weighted by Gasteiger charge is 2.23. The van der Waals surface area contributed by atoms with Crippen molar-refractivity contribution in [1.82, 2.24) is 14.9 Å². The number of aromatic nitrogens is 2. The zero-order chi connectivity index (χ0) is 26.7. The van der Waals surface area contributed by atoms with Crippen LogP contribution >= 0.6 is 11.8 Å². The van der Waals surface area contributed by atoms with E-state index in [4.69, 9.17) is 0 Å². The molecule has 1 heterocycles. The van der Waals surface area contributed by atoms with Crippen molar-refractivity contribution in [3.8, 4) is 11.1 Å². The second kappa shape index (κ2) is 13.5. The SMILES string of the molecule is CSCC[C@H](NC(=O)c1ccc(/C=C/Cn2ccnc2)cc1-c1ccc(F)cc1)C(=O)Cc1ccccc1. The first kappa shape index (κ1) is 27.1. The predicted octanol–water partition coefficient (Wildman–Crippen LogP) is 6.07. The summed E-state index contributed by atoms with van der Waals surface area (Å²) >= 11 is 1.63. The lowest BCUT2D eigenvalue weighted by Gasteiger charge is -2.19. The Hall–Kier alpha value is -3.97. The molecular formula is C31H30FN3O2S. The number of imidazole rings is 1. The van der Waals surface area contributed by atoms with Crippen LogP contribution in [-0.2, 0) is 17.8 Å². The zero-order valence-electron chi connectivity index (χ0n) is 21.2. The van der Waals surface area contributed by atoms with E-state index in [9.17, 15) is 14.0 Å². The van der Waals surface area contributed by atoms with Gasteiger partial charge in [0.15, 0.2) is 5.78 Å². The van der Waals surface area contributed by atoms with Gasteiger partial charge in [0.2, 0.25) is 0 Å². The molecule has 38 heavy (non-hydrogen) atoms. The third-order valence-electron chi connectivity index (χ3n) is 6.16. The van der Waals surface area contributed by atoms with Gasteiger partial charge < -0.3 is 9.88 Å². The molecule has 194 valence electrons. The Kier molecular flexibility index (Phi) is 9.65. The van der Waals surface area contributed by atoms with Crippen molar-refractivity contribution < 1.29 is 14.0 Å². The maximum atomic E-state index is 13.7. The van der Waals surface area contributed by atoms with Crippen molar-refractivity contribution in [2.75, 3.05) is 12.0 Å². The zero-order valence-corrected chi connectivity index (χ0v) is 22.0. The Morgan fingerprint density at radius 3 is 2.58 bits per heavy atom. The lowest BCUT2D eigenvalue weighted by Crippen LogP contribution is -2.42. The largest absolute Gasteiger partial charge is 0.342 e. The summed E-state index contributed by atoms with van der Waals surface area (Å²) in [5.41, 5.74) is 3.65. The molecule has 1 amide bonds. The molecule has 4 rings (SSSR count). The smallest absolute Gasteiger partial charge is 0.252 e. The summed E-state index contributed by atoms with van der Waals surface area (Å²) in [7, 11) is 0. The number of nitrogens with zero attached hydrogens (tertiary/aromatic N) is 2. The van der Waals surface area contributed by atoms with Crippen molar-refractivity contribution in [3.05, 3.63) is 120 Å². The van der Waals surface area contributed by atoms with Crippen LogP contribution < -0.4 is 5.32 Å². The number of nitrogens with one attached hydrogen (secondary N) is 1. The number of thioether (sulfide) groups is 1. The minimum Gasteiger partial charge on any atom is -0.342 e. The van der Waals surface area contributed by atoms with Crippen LogP contribution in [0.5, 0.6) is 0 Å². The van der Waals surface area contributed by atoms with Gasteiger partial charge in [0.25, 0.3) is 5.91 Å². The molecule has 0 aliphatic carbocycles. The molecule has 0 saturated heterocycles. The maximum absolute atomic E-state index is 13.7. The molecule has 0 aliphatic heterocycles. The van der Waals surface area contributed by atoms with E-state index in [0.717, 1.165) is 22.4 Å². The molecule has 1 aromatic heterocycles. The molecule has 0 spiro atoms. The van der Waals surface area contributed by atoms with Crippen LogP contribution in [0, 0.1) is 5.82 Å². The lowest BCUT2D eigenvalue weighted by atomic mass is 9.95. The lowest BCUT2D eigenvalue weighted by molar-refractivity contribution is -0.120. The minimum absolute atomic E-state index is 0.0269. The number of carbonyl (C=O) groups is 2. The Morgan fingerprint density at radius 2 is 1.87 bits per heavy atom. The van der Waals surface area contributed by atoms with E-state index in [1.54, 1.807) is 42.5 Å². The summed E-state index contributed by atoms with van der Waals surface area (Å²) in [6, 6.07) is 20.6. The monoisotopic (exact) mass is 527 g/mol. The first-order chi connectivity index (χ1) is 18.5. The highest BCUT2D eigenvalue weighted by molar-refractivity contribution is 7.98. The molecule has 1 N–H and O–H groups in total. The fourth-order valence-electron chi connectivity index (χ4n) is 4.14. The number of halogens is 1. The number of rotatable bonds is 12. The summed E-state index contributed by atoms with van der Waals surface area (Å²) in [6.07, 6.45) is 12.1. The van der Waals surface area contributed by atoms with E-state index < -0.39 is 6.04 Å². The second-order valence-electron chi connectivity index (χ2n) is 8.91. The van der Waals surface area contributed by atoms with Crippen LogP contribution in [0.4, 0.5) is 4.39 Å². The van der Waals surface area contributed by atoms with E-state index >= 15 is 0 Å². The van der Waals surface area contributed by atoms with Crippen molar-refractivity contribution >= 4 is 29.5 Å². The fraction of sp³-hybridized carbons (Fsp3) is 0.194. The maximum Gasteiger partial charge on any atom is 0.252 e. The normalized spacial score (nSPS) is 11.9. The standard InChI is InChI=1S/C31H30FN3O2S/c1-38-19-15-29(30(36)21-23-6-3-2-4-7-23)34-31(37)27-14-9-24(8-5-17-35-18-16-33-22-35)20-28(27)25-10-12-26(32)13-11-25/h2-14,16,18,20,22,29H,15,17,19,21H2,1H3,(H,34,37)/b8-5+/t29-/m0/s1. The van der Waals surface area contributed by atoms with Crippen LogP contribution in [-0.4, -0.2) is 39.3 Å². The van der Waals surface area contributed by atoms with Gasteiger partial charge >= 0.3 is 0 Å². The Labute approximate surface area is 226 Å². The van der Waals surface area contributed by atoms with Crippen LogP contribution in [0.2, 0.25) is 0 Å². The number of allylic oxidation sites excluding steroid dienone is 1. The number of hydrogen-bond donors (Lipinski definition) is 1. The summed E-state index contributed by atoms with van der Waals surface area (Å²) in [5.74, 6) is 0.0447. The van der Waals surface area contributed by atoms with Gasteiger partial charge in [0.1, 0.15) is 5.82 Å². The molecule has 3 aromatic carbocycles. The van der Waals surface area contributed by atoms with Crippen molar-refractivity contribution in [2.24, 2.45) is 0 Å². The number of carbonyl (C=O) groups excluding carboxylic acids is 2. The van der Waals surface area contributed by atoms with E-state index in [1.807, 2.05) is 71.6 Å². The molecule has 0 aliphatic rings. The van der Waals surface area contributed by atoms with Crippen LogP contribution in [0.15, 0.2) is 97.6 Å². The fourth-order valence-corrected chi connectivity index (χ4v) is 4.61. The molecule has 4 aromatic rings. The van der Waals surface area contributed by atoms with Crippen molar-refractivity contribution in [2.45, 2.75) is 25.4 Å². The molecule has 7 heteroatoms. The molecule has 0 fully saturated rings. The van der Waals surface area contributed by atoms with Gasteiger partial charge in [-0.25, -0.2) is 9.37 Å². The topological polar surface area (TPSA) is 64.0 Å². The Balaban J connectivity index is 1.59.